The Kier molecular flexibility index (Phi) is 8.07. The molecule has 0 amide bonds. The van der Waals surface area contributed by atoms with Gasteiger partial charge in [0.25, 0.3) is 0 Å². The average Bonchev–Trinajstić information content (AvgIpc) is 2.16. The second-order valence-electron chi connectivity index (χ2n) is 5.11. The smallest absolute Gasteiger partial charge is 0.0624 e. The Bertz CT molecular complexity index is 143. The quantitative estimate of drug-likeness (QED) is 0.619. The molecule has 2 nitrogen and oxygen atoms in total. The highest BCUT2D eigenvalue weighted by Crippen LogP contribution is 2.23. The van der Waals surface area contributed by atoms with Crippen molar-refractivity contribution in [3.05, 3.63) is 0 Å². The summed E-state index contributed by atoms with van der Waals surface area (Å²) in [6, 6.07) is 0. The fourth-order valence-electron chi connectivity index (χ4n) is 1.93. The zero-order valence-corrected chi connectivity index (χ0v) is 11.2. The molecule has 92 valence electrons. The first-order valence-electron chi connectivity index (χ1n) is 6.04. The summed E-state index contributed by atoms with van der Waals surface area (Å²) in [5.74, 6) is 1.87. The van der Waals surface area contributed by atoms with E-state index in [0.29, 0.717) is 17.9 Å². The maximum Gasteiger partial charge on any atom is 0.0624 e. The van der Waals surface area contributed by atoms with Crippen molar-refractivity contribution in [3.63, 3.8) is 0 Å². The highest BCUT2D eigenvalue weighted by molar-refractivity contribution is 4.73. The zero-order valence-electron chi connectivity index (χ0n) is 11.2. The lowest BCUT2D eigenvalue weighted by atomic mass is 9.87. The van der Waals surface area contributed by atoms with Crippen LogP contribution in [0, 0.1) is 17.8 Å². The summed E-state index contributed by atoms with van der Waals surface area (Å²) in [7, 11) is 3.58. The van der Waals surface area contributed by atoms with Gasteiger partial charge >= 0.3 is 0 Å². The Morgan fingerprint density at radius 2 is 1.53 bits per heavy atom. The van der Waals surface area contributed by atoms with E-state index in [-0.39, 0.29) is 0 Å². The molecule has 0 saturated carbocycles. The minimum absolute atomic E-state index is 0.340. The average molecular weight is 216 g/mol. The molecule has 15 heavy (non-hydrogen) atoms. The van der Waals surface area contributed by atoms with Crippen LogP contribution in [-0.2, 0) is 9.47 Å². The van der Waals surface area contributed by atoms with Crippen molar-refractivity contribution in [3.8, 4) is 0 Å². The van der Waals surface area contributed by atoms with Crippen LogP contribution in [0.25, 0.3) is 0 Å². The Labute approximate surface area is 95.3 Å². The molecular weight excluding hydrogens is 188 g/mol. The molecule has 2 atom stereocenters. The Hall–Kier alpha value is -0.0800. The van der Waals surface area contributed by atoms with Crippen molar-refractivity contribution in [1.29, 1.82) is 0 Å². The number of rotatable bonds is 8. The van der Waals surface area contributed by atoms with Gasteiger partial charge < -0.3 is 9.47 Å². The standard InChI is InChI=1S/C13H28O2/c1-10(2)7-8-13(15-6)12(9-14-5)11(3)4/h10-13H,7-9H2,1-6H3. The van der Waals surface area contributed by atoms with Gasteiger partial charge in [-0.15, -0.1) is 0 Å². The molecule has 2 unspecified atom stereocenters. The molecular formula is C13H28O2. The summed E-state index contributed by atoms with van der Waals surface area (Å²) < 4.78 is 10.9. The van der Waals surface area contributed by atoms with Crippen LogP contribution in [0.3, 0.4) is 0 Å². The minimum atomic E-state index is 0.340. The first-order chi connectivity index (χ1) is 7.02. The molecule has 0 saturated heterocycles. The third-order valence-corrected chi connectivity index (χ3v) is 3.02. The highest BCUT2D eigenvalue weighted by Gasteiger charge is 2.24. The van der Waals surface area contributed by atoms with E-state index >= 15 is 0 Å². The molecule has 0 aliphatic rings. The SMILES string of the molecule is COCC(C(C)C)C(CCC(C)C)OC. The third-order valence-electron chi connectivity index (χ3n) is 3.02. The molecule has 0 rings (SSSR count). The molecule has 0 aliphatic carbocycles. The predicted octanol–water partition coefficient (Wildman–Crippen LogP) is 3.36. The van der Waals surface area contributed by atoms with Gasteiger partial charge in [-0.2, -0.15) is 0 Å². The normalized spacial score (nSPS) is 16.0. The Balaban J connectivity index is 4.18. The van der Waals surface area contributed by atoms with Crippen LogP contribution in [0.15, 0.2) is 0 Å². The maximum absolute atomic E-state index is 5.60. The molecule has 0 aromatic heterocycles. The van der Waals surface area contributed by atoms with Crippen LogP contribution >= 0.6 is 0 Å². The van der Waals surface area contributed by atoms with Gasteiger partial charge in [-0.3, -0.25) is 0 Å². The number of ether oxygens (including phenoxy) is 2. The van der Waals surface area contributed by atoms with E-state index in [2.05, 4.69) is 27.7 Å². The van der Waals surface area contributed by atoms with E-state index in [4.69, 9.17) is 9.47 Å². The van der Waals surface area contributed by atoms with Gasteiger partial charge in [0.05, 0.1) is 12.7 Å². The molecule has 0 aliphatic heterocycles. The summed E-state index contributed by atoms with van der Waals surface area (Å²) in [5, 5.41) is 0. The second-order valence-corrected chi connectivity index (χ2v) is 5.11. The van der Waals surface area contributed by atoms with E-state index in [1.165, 1.54) is 6.42 Å². The zero-order chi connectivity index (χ0) is 11.8. The van der Waals surface area contributed by atoms with E-state index in [9.17, 15) is 0 Å². The summed E-state index contributed by atoms with van der Waals surface area (Å²) in [6.45, 7) is 9.80. The van der Waals surface area contributed by atoms with Crippen molar-refractivity contribution >= 4 is 0 Å². The van der Waals surface area contributed by atoms with Crippen LogP contribution in [0.5, 0.6) is 0 Å². The number of hydrogen-bond acceptors (Lipinski definition) is 2. The summed E-state index contributed by atoms with van der Waals surface area (Å²) in [5.41, 5.74) is 0. The fourth-order valence-corrected chi connectivity index (χ4v) is 1.93. The monoisotopic (exact) mass is 216 g/mol. The Morgan fingerprint density at radius 1 is 0.933 bits per heavy atom. The lowest BCUT2D eigenvalue weighted by Crippen LogP contribution is -2.31. The second kappa shape index (κ2) is 8.12. The van der Waals surface area contributed by atoms with E-state index in [1.54, 1.807) is 7.11 Å². The van der Waals surface area contributed by atoms with Gasteiger partial charge in [0, 0.05) is 20.1 Å². The maximum atomic E-state index is 5.60. The molecule has 0 fully saturated rings. The largest absolute Gasteiger partial charge is 0.384 e. The molecule has 0 bridgehead atoms. The number of methoxy groups -OCH3 is 2. The van der Waals surface area contributed by atoms with Crippen molar-refractivity contribution in [2.45, 2.75) is 46.6 Å². The lowest BCUT2D eigenvalue weighted by molar-refractivity contribution is -0.0120. The molecule has 0 spiro atoms. The van der Waals surface area contributed by atoms with Gasteiger partial charge in [-0.25, -0.2) is 0 Å². The first-order valence-corrected chi connectivity index (χ1v) is 6.04. The predicted molar refractivity (Wildman–Crippen MR) is 65.1 cm³/mol. The van der Waals surface area contributed by atoms with Crippen LogP contribution in [0.4, 0.5) is 0 Å². The number of hydrogen-bond donors (Lipinski definition) is 0. The minimum Gasteiger partial charge on any atom is -0.384 e. The van der Waals surface area contributed by atoms with Crippen molar-refractivity contribution < 1.29 is 9.47 Å². The third kappa shape index (κ3) is 6.16. The summed E-state index contributed by atoms with van der Waals surface area (Å²) >= 11 is 0. The van der Waals surface area contributed by atoms with Gasteiger partial charge in [-0.05, 0) is 24.7 Å². The molecule has 0 radical (unpaired) electrons. The van der Waals surface area contributed by atoms with E-state index < -0.39 is 0 Å². The summed E-state index contributed by atoms with van der Waals surface area (Å²) in [4.78, 5) is 0. The molecule has 0 aromatic rings. The van der Waals surface area contributed by atoms with Gasteiger partial charge in [-0.1, -0.05) is 27.7 Å². The molecule has 2 heteroatoms. The molecule has 0 N–H and O–H groups in total. The first kappa shape index (κ1) is 14.9. The van der Waals surface area contributed by atoms with E-state index in [0.717, 1.165) is 18.9 Å². The molecule has 0 heterocycles. The van der Waals surface area contributed by atoms with Crippen LogP contribution in [0.2, 0.25) is 0 Å². The van der Waals surface area contributed by atoms with Gasteiger partial charge in [0.1, 0.15) is 0 Å². The fraction of sp³-hybridized carbons (Fsp3) is 1.00. The molecule has 0 aromatic carbocycles. The van der Waals surface area contributed by atoms with Crippen molar-refractivity contribution in [2.75, 3.05) is 20.8 Å². The lowest BCUT2D eigenvalue weighted by Gasteiger charge is -2.29. The summed E-state index contributed by atoms with van der Waals surface area (Å²) in [6.07, 6.45) is 2.71. The highest BCUT2D eigenvalue weighted by atomic mass is 16.5. The van der Waals surface area contributed by atoms with Crippen LogP contribution in [0.1, 0.15) is 40.5 Å². The van der Waals surface area contributed by atoms with Crippen LogP contribution < -0.4 is 0 Å². The van der Waals surface area contributed by atoms with Crippen molar-refractivity contribution in [2.24, 2.45) is 17.8 Å². The van der Waals surface area contributed by atoms with Crippen LogP contribution in [-0.4, -0.2) is 26.9 Å². The topological polar surface area (TPSA) is 18.5 Å². The van der Waals surface area contributed by atoms with Crippen molar-refractivity contribution in [1.82, 2.24) is 0 Å². The Morgan fingerprint density at radius 3 is 1.87 bits per heavy atom. The van der Waals surface area contributed by atoms with E-state index in [1.807, 2.05) is 7.11 Å². The van der Waals surface area contributed by atoms with Gasteiger partial charge in [0.2, 0.25) is 0 Å². The van der Waals surface area contributed by atoms with Gasteiger partial charge in [0.15, 0.2) is 0 Å².